The highest BCUT2D eigenvalue weighted by molar-refractivity contribution is 5.35. The molecular weight excluding hydrogens is 778 g/mol. The highest BCUT2D eigenvalue weighted by Gasteiger charge is 2.58. The molecule has 3 aromatic rings. The van der Waals surface area contributed by atoms with Crippen LogP contribution in [0.2, 0.25) is 0 Å². The van der Waals surface area contributed by atoms with E-state index < -0.39 is 41.7 Å². The summed E-state index contributed by atoms with van der Waals surface area (Å²) in [5, 5.41) is 10.2. The summed E-state index contributed by atoms with van der Waals surface area (Å²) in [7, 11) is 0. The van der Waals surface area contributed by atoms with E-state index in [2.05, 4.69) is 42.6 Å². The summed E-state index contributed by atoms with van der Waals surface area (Å²) in [5.74, 6) is 0.876. The van der Waals surface area contributed by atoms with Gasteiger partial charge in [-0.1, -0.05) is 41.5 Å². The number of H-pyrrole nitrogens is 2. The van der Waals surface area contributed by atoms with E-state index in [1.165, 1.54) is 21.4 Å². The summed E-state index contributed by atoms with van der Waals surface area (Å²) in [6.45, 7) is 17.4. The first-order valence-electron chi connectivity index (χ1n) is 21.5. The molecule has 0 amide bonds. The Kier molecular flexibility index (Phi) is 13.9. The Morgan fingerprint density at radius 3 is 1.78 bits per heavy atom. The normalized spacial score (nSPS) is 34.1. The van der Waals surface area contributed by atoms with Gasteiger partial charge in [-0.2, -0.15) is 4.98 Å². The van der Waals surface area contributed by atoms with Crippen LogP contribution >= 0.6 is 0 Å². The smallest absolute Gasteiger partial charge is 0.351 e. The molecule has 332 valence electrons. The van der Waals surface area contributed by atoms with E-state index in [-0.39, 0.29) is 58.4 Å². The lowest BCUT2D eigenvalue weighted by molar-refractivity contribution is -0.0920. The number of aryl methyl sites for hydroxylation is 2. The molecule has 0 aromatic carbocycles. The van der Waals surface area contributed by atoms with Crippen LogP contribution in [-0.2, 0) is 23.7 Å². The van der Waals surface area contributed by atoms with Crippen LogP contribution in [0.1, 0.15) is 123 Å². The summed E-state index contributed by atoms with van der Waals surface area (Å²) in [4.78, 5) is 66.9. The zero-order valence-corrected chi connectivity index (χ0v) is 36.0. The molecule has 0 spiro atoms. The molecule has 18 nitrogen and oxygen atoms in total. The minimum absolute atomic E-state index is 0.0128. The fraction of sp³-hybridized carbons (Fsp3) is 0.714. The van der Waals surface area contributed by atoms with Crippen molar-refractivity contribution in [1.82, 2.24) is 28.7 Å². The average molecular weight is 842 g/mol. The largest absolute Gasteiger partial charge is 0.388 e. The number of anilines is 1. The molecule has 5 aliphatic heterocycles. The number of aromatic nitrogens is 6. The molecule has 8 heterocycles. The lowest BCUT2D eigenvalue weighted by Crippen LogP contribution is -2.44. The van der Waals surface area contributed by atoms with Crippen LogP contribution < -0.4 is 33.9 Å². The van der Waals surface area contributed by atoms with Crippen LogP contribution in [0.3, 0.4) is 0 Å². The summed E-state index contributed by atoms with van der Waals surface area (Å²) in [5.41, 5.74) is 4.40. The van der Waals surface area contributed by atoms with Crippen molar-refractivity contribution in [1.29, 1.82) is 0 Å². The van der Waals surface area contributed by atoms with Gasteiger partial charge in [0.25, 0.3) is 11.1 Å². The monoisotopic (exact) mass is 841 g/mol. The summed E-state index contributed by atoms with van der Waals surface area (Å²) >= 11 is 0. The Balaban J connectivity index is 0.000000152. The molecule has 5 saturated heterocycles. The molecule has 8 rings (SSSR count). The van der Waals surface area contributed by atoms with Gasteiger partial charge >= 0.3 is 17.1 Å². The molecule has 4 bridgehead atoms. The minimum Gasteiger partial charge on any atom is -0.388 e. The van der Waals surface area contributed by atoms with Crippen molar-refractivity contribution in [3.05, 3.63) is 87.9 Å². The van der Waals surface area contributed by atoms with Crippen molar-refractivity contribution < 1.29 is 28.8 Å². The third kappa shape index (κ3) is 8.25. The second-order valence-electron chi connectivity index (χ2n) is 16.6. The van der Waals surface area contributed by atoms with Crippen molar-refractivity contribution in [2.75, 3.05) is 18.9 Å². The number of nitrogen functional groups attached to an aromatic ring is 1. The molecule has 3 unspecified atom stereocenters. The van der Waals surface area contributed by atoms with Crippen molar-refractivity contribution >= 4 is 5.82 Å². The number of aliphatic hydroxyl groups is 1. The van der Waals surface area contributed by atoms with Crippen LogP contribution in [-0.4, -0.2) is 82.6 Å². The number of nitrogens with one attached hydrogen (secondary N) is 2. The molecule has 5 N–H and O–H groups in total. The van der Waals surface area contributed by atoms with Crippen molar-refractivity contribution in [3.8, 4) is 0 Å². The number of nitrogens with zero attached hydrogens (tertiary/aromatic N) is 4. The third-order valence-electron chi connectivity index (χ3n) is 13.6. The molecular formula is C42H63N7O11. The first kappa shape index (κ1) is 45.3. The fourth-order valence-corrected chi connectivity index (χ4v) is 10.2. The quantitative estimate of drug-likeness (QED) is 0.243. The van der Waals surface area contributed by atoms with Crippen LogP contribution in [0, 0.1) is 31.6 Å². The van der Waals surface area contributed by atoms with E-state index >= 15 is 0 Å². The lowest BCUT2D eigenvalue weighted by Gasteiger charge is -2.37. The first-order valence-corrected chi connectivity index (χ1v) is 21.5. The van der Waals surface area contributed by atoms with Gasteiger partial charge in [0.05, 0.1) is 17.3 Å². The standard InChI is InChI=1S/C15H23N3O3.C15H22N2O4.C12H18N2O4/c1-4-10-11-13(21-15(10,5-2)6-7-20-11)18-8-9(3)12(16)17-14(18)19;1-4-10-11-13(21-15(10,5-2)6-7-20-11)17-8-9(3)12(18)16-14(17)19;1-3-7-8(4-2)18-11(10(7)16)14-6-5-9(15)13-12(14)17/h8,10-11,13H,4-7H2,1-3H3,(H2,16,17,19);8,10-11,13H,4-7H2,1-3H3,(H,16,18,19);5-8,10-11,16H,3-4H2,1-2H3,(H,13,15,17)/t2*10?,11-,13+,15-;7?,8-,10+,11-/m001/s1. The highest BCUT2D eigenvalue weighted by Crippen LogP contribution is 2.52. The van der Waals surface area contributed by atoms with Crippen LogP contribution in [0.4, 0.5) is 5.82 Å². The number of hydrogen-bond acceptors (Lipinski definition) is 13. The number of nitrogens with two attached hydrogens (primary N) is 1. The molecule has 60 heavy (non-hydrogen) atoms. The van der Waals surface area contributed by atoms with Crippen molar-refractivity contribution in [2.45, 2.75) is 161 Å². The highest BCUT2D eigenvalue weighted by atomic mass is 16.6. The maximum Gasteiger partial charge on any atom is 0.351 e. The van der Waals surface area contributed by atoms with Crippen LogP contribution in [0.5, 0.6) is 0 Å². The van der Waals surface area contributed by atoms with Gasteiger partial charge in [0, 0.05) is 79.6 Å². The number of fused-ring (bicyclic) bond motifs is 4. The SMILES string of the molecule is CCC1[C@@H](CC)O[C@@H](n2ccc(=O)[nH]c2=O)[C@H]1O.CCC1[C@@H]2OCC[C@]1(CC)O[C@H]2n1cc(C)c(=O)[nH]c1=O.CCC1[C@@H]2OCC[C@]1(CC)O[C@H]2n1cc(C)c(N)nc1=O. The second kappa shape index (κ2) is 18.4. The average Bonchev–Trinajstić information content (AvgIpc) is 3.72. The number of rotatable bonds is 9. The first-order chi connectivity index (χ1) is 28.6. The Labute approximate surface area is 348 Å². The summed E-state index contributed by atoms with van der Waals surface area (Å²) < 4.78 is 34.5. The van der Waals surface area contributed by atoms with E-state index in [9.17, 15) is 29.1 Å². The minimum atomic E-state index is -0.733. The van der Waals surface area contributed by atoms with E-state index in [0.29, 0.717) is 24.7 Å². The van der Waals surface area contributed by atoms with E-state index in [1.807, 2.05) is 20.8 Å². The molecule has 18 heteroatoms. The van der Waals surface area contributed by atoms with Crippen molar-refractivity contribution in [2.24, 2.45) is 17.8 Å². The lowest BCUT2D eigenvalue weighted by atomic mass is 9.78. The van der Waals surface area contributed by atoms with Crippen LogP contribution in [0.25, 0.3) is 0 Å². The Bertz CT molecular complexity index is 2270. The molecule has 3 aromatic heterocycles. The molecule has 0 radical (unpaired) electrons. The van der Waals surface area contributed by atoms with Gasteiger partial charge in [-0.3, -0.25) is 33.3 Å². The third-order valence-corrected chi connectivity index (χ3v) is 13.6. The zero-order valence-electron chi connectivity index (χ0n) is 36.0. The molecule has 0 aliphatic carbocycles. The molecule has 0 saturated carbocycles. The zero-order chi connectivity index (χ0) is 43.7. The molecule has 5 fully saturated rings. The molecule has 5 aliphatic rings. The Morgan fingerprint density at radius 1 is 0.750 bits per heavy atom. The number of aliphatic hydroxyl groups excluding tert-OH is 1. The topological polar surface area (TPSA) is 237 Å². The summed E-state index contributed by atoms with van der Waals surface area (Å²) in [6.07, 6.45) is 9.13. The Morgan fingerprint density at radius 2 is 1.30 bits per heavy atom. The van der Waals surface area contributed by atoms with E-state index in [4.69, 9.17) is 29.4 Å². The second-order valence-corrected chi connectivity index (χ2v) is 16.6. The van der Waals surface area contributed by atoms with Gasteiger partial charge in [0.15, 0.2) is 18.7 Å². The predicted octanol–water partition coefficient (Wildman–Crippen LogP) is 3.20. The van der Waals surface area contributed by atoms with Gasteiger partial charge in [-0.05, 0) is 52.4 Å². The summed E-state index contributed by atoms with van der Waals surface area (Å²) in [6, 6.07) is 1.25. The van der Waals surface area contributed by atoms with Gasteiger partial charge in [-0.15, -0.1) is 0 Å². The maximum absolute atomic E-state index is 12.2. The number of ether oxygens (including phenoxy) is 5. The number of hydrogen-bond donors (Lipinski definition) is 4. The number of aromatic amines is 2. The van der Waals surface area contributed by atoms with Gasteiger partial charge in [-0.25, -0.2) is 14.4 Å². The predicted molar refractivity (Wildman–Crippen MR) is 222 cm³/mol. The van der Waals surface area contributed by atoms with E-state index in [0.717, 1.165) is 56.9 Å². The van der Waals surface area contributed by atoms with E-state index in [1.54, 1.807) is 23.9 Å². The molecule has 12 atom stereocenters. The maximum atomic E-state index is 12.2. The van der Waals surface area contributed by atoms with Crippen molar-refractivity contribution in [3.63, 3.8) is 0 Å². The van der Waals surface area contributed by atoms with Crippen LogP contribution in [0.15, 0.2) is 48.6 Å². The van der Waals surface area contributed by atoms with Gasteiger partial charge < -0.3 is 34.5 Å². The fourth-order valence-electron chi connectivity index (χ4n) is 10.2. The van der Waals surface area contributed by atoms with Gasteiger partial charge in [0.1, 0.15) is 24.1 Å². The Hall–Kier alpha value is -4.20. The van der Waals surface area contributed by atoms with Gasteiger partial charge in [0.2, 0.25) is 0 Å².